The van der Waals surface area contributed by atoms with Crippen molar-refractivity contribution in [1.29, 1.82) is 0 Å². The van der Waals surface area contributed by atoms with Crippen LogP contribution < -0.4 is 0 Å². The summed E-state index contributed by atoms with van der Waals surface area (Å²) in [5.41, 5.74) is 0.935. The van der Waals surface area contributed by atoms with Crippen molar-refractivity contribution in [3.8, 4) is 12.3 Å². The van der Waals surface area contributed by atoms with Crippen LogP contribution in [-0.4, -0.2) is 10.9 Å². The number of terminal acetylenes is 1. The highest BCUT2D eigenvalue weighted by Crippen LogP contribution is 2.20. The van der Waals surface area contributed by atoms with E-state index in [2.05, 4.69) is 5.92 Å². The molecule has 68 valence electrons. The molecule has 2 heteroatoms. The minimum atomic E-state index is -0.397. The van der Waals surface area contributed by atoms with E-state index in [1.54, 1.807) is 18.7 Å². The third-order valence-electron chi connectivity index (χ3n) is 1.68. The van der Waals surface area contributed by atoms with Crippen molar-refractivity contribution in [3.63, 3.8) is 0 Å². The molecule has 0 bridgehead atoms. The van der Waals surface area contributed by atoms with Gasteiger partial charge in [0.15, 0.2) is 0 Å². The maximum absolute atomic E-state index is 9.25. The predicted molar refractivity (Wildman–Crippen MR) is 56.6 cm³/mol. The molecule has 0 saturated heterocycles. The molecule has 13 heavy (non-hydrogen) atoms. The van der Waals surface area contributed by atoms with Gasteiger partial charge in [-0.3, -0.25) is 0 Å². The average molecular weight is 192 g/mol. The normalized spacial score (nSPS) is 12.1. The molecule has 1 aromatic carbocycles. The van der Waals surface area contributed by atoms with E-state index in [9.17, 15) is 5.11 Å². The van der Waals surface area contributed by atoms with Crippen molar-refractivity contribution >= 4 is 11.8 Å². The van der Waals surface area contributed by atoms with E-state index < -0.39 is 6.10 Å². The molecule has 0 spiro atoms. The molecule has 0 fully saturated rings. The minimum Gasteiger partial charge on any atom is -0.389 e. The topological polar surface area (TPSA) is 20.2 Å². The van der Waals surface area contributed by atoms with Gasteiger partial charge in [-0.25, -0.2) is 0 Å². The van der Waals surface area contributed by atoms with E-state index in [4.69, 9.17) is 6.42 Å². The van der Waals surface area contributed by atoms with Gasteiger partial charge in [0, 0.05) is 4.90 Å². The van der Waals surface area contributed by atoms with Crippen LogP contribution in [0.4, 0.5) is 0 Å². The summed E-state index contributed by atoms with van der Waals surface area (Å²) in [6, 6.07) is 7.79. The summed E-state index contributed by atoms with van der Waals surface area (Å²) in [5, 5.41) is 9.25. The zero-order valence-electron chi connectivity index (χ0n) is 7.53. The second-order valence-corrected chi connectivity index (χ2v) is 3.79. The van der Waals surface area contributed by atoms with Crippen molar-refractivity contribution in [2.24, 2.45) is 0 Å². The Bertz CT molecular complexity index is 295. The molecule has 0 aromatic heterocycles. The summed E-state index contributed by atoms with van der Waals surface area (Å²) in [7, 11) is 0. The van der Waals surface area contributed by atoms with Gasteiger partial charge >= 0.3 is 0 Å². The second-order valence-electron chi connectivity index (χ2n) is 2.74. The van der Waals surface area contributed by atoms with E-state index in [-0.39, 0.29) is 0 Å². The van der Waals surface area contributed by atoms with Crippen molar-refractivity contribution in [2.45, 2.75) is 17.9 Å². The van der Waals surface area contributed by atoms with E-state index in [1.165, 1.54) is 0 Å². The standard InChI is InChI=1S/C11H12OS/c1-3-8-13-11-6-4-10(5-7-11)9(2)12/h1,4-7,9,12H,8H2,2H3. The maximum atomic E-state index is 9.25. The Morgan fingerprint density at radius 1 is 1.46 bits per heavy atom. The Balaban J connectivity index is 2.65. The third kappa shape index (κ3) is 3.14. The monoisotopic (exact) mass is 192 g/mol. The van der Waals surface area contributed by atoms with Crippen LogP contribution in [0.25, 0.3) is 0 Å². The highest BCUT2D eigenvalue weighted by molar-refractivity contribution is 7.99. The molecule has 1 atom stereocenters. The predicted octanol–water partition coefficient (Wildman–Crippen LogP) is 2.47. The molecule has 0 aliphatic carbocycles. The fourth-order valence-corrected chi connectivity index (χ4v) is 1.55. The molecule has 1 rings (SSSR count). The van der Waals surface area contributed by atoms with Gasteiger partial charge in [0.25, 0.3) is 0 Å². The smallest absolute Gasteiger partial charge is 0.0761 e. The lowest BCUT2D eigenvalue weighted by atomic mass is 10.1. The Kier molecular flexibility index (Phi) is 3.88. The van der Waals surface area contributed by atoms with Crippen LogP contribution in [0.15, 0.2) is 29.2 Å². The minimum absolute atomic E-state index is 0.397. The highest BCUT2D eigenvalue weighted by atomic mass is 32.2. The van der Waals surface area contributed by atoms with E-state index in [0.29, 0.717) is 5.75 Å². The summed E-state index contributed by atoms with van der Waals surface area (Å²) < 4.78 is 0. The Morgan fingerprint density at radius 3 is 2.54 bits per heavy atom. The van der Waals surface area contributed by atoms with Gasteiger partial charge in [0.2, 0.25) is 0 Å². The summed E-state index contributed by atoms with van der Waals surface area (Å²) in [6.45, 7) is 1.75. The van der Waals surface area contributed by atoms with Crippen LogP contribution in [0.2, 0.25) is 0 Å². The first kappa shape index (κ1) is 10.2. The Labute approximate surface area is 83.2 Å². The number of thioether (sulfide) groups is 1. The van der Waals surface area contributed by atoms with Gasteiger partial charge in [-0.2, -0.15) is 0 Å². The highest BCUT2D eigenvalue weighted by Gasteiger charge is 1.99. The molecule has 0 heterocycles. The van der Waals surface area contributed by atoms with Crippen LogP contribution in [0.1, 0.15) is 18.6 Å². The molecule has 1 nitrogen and oxygen atoms in total. The summed E-state index contributed by atoms with van der Waals surface area (Å²) in [4.78, 5) is 1.14. The molecule has 0 aliphatic rings. The number of rotatable bonds is 3. The quantitative estimate of drug-likeness (QED) is 0.586. The zero-order valence-corrected chi connectivity index (χ0v) is 8.34. The molecule has 0 saturated carbocycles. The lowest BCUT2D eigenvalue weighted by Crippen LogP contribution is -1.89. The second kappa shape index (κ2) is 4.96. The van der Waals surface area contributed by atoms with Crippen molar-refractivity contribution in [3.05, 3.63) is 29.8 Å². The average Bonchev–Trinajstić information content (AvgIpc) is 2.15. The van der Waals surface area contributed by atoms with Crippen LogP contribution in [0, 0.1) is 12.3 Å². The van der Waals surface area contributed by atoms with Crippen molar-refractivity contribution in [2.75, 3.05) is 5.75 Å². The van der Waals surface area contributed by atoms with E-state index in [0.717, 1.165) is 10.5 Å². The first-order valence-electron chi connectivity index (χ1n) is 4.08. The third-order valence-corrected chi connectivity index (χ3v) is 2.60. The molecule has 0 aliphatic heterocycles. The molecule has 1 aromatic rings. The lowest BCUT2D eigenvalue weighted by molar-refractivity contribution is 0.199. The molecular formula is C11H12OS. The molecule has 0 amide bonds. The first-order chi connectivity index (χ1) is 6.24. The maximum Gasteiger partial charge on any atom is 0.0761 e. The van der Waals surface area contributed by atoms with Crippen LogP contribution in [-0.2, 0) is 0 Å². The number of aliphatic hydroxyl groups excluding tert-OH is 1. The van der Waals surface area contributed by atoms with Gasteiger partial charge < -0.3 is 5.11 Å². The molecule has 0 radical (unpaired) electrons. The summed E-state index contributed by atoms with van der Waals surface area (Å²) >= 11 is 1.62. The van der Waals surface area contributed by atoms with Crippen LogP contribution >= 0.6 is 11.8 Å². The summed E-state index contributed by atoms with van der Waals surface area (Å²) in [6.07, 6.45) is 4.75. The van der Waals surface area contributed by atoms with Crippen LogP contribution in [0.5, 0.6) is 0 Å². The van der Waals surface area contributed by atoms with Gasteiger partial charge in [-0.15, -0.1) is 18.2 Å². The van der Waals surface area contributed by atoms with Gasteiger partial charge in [0.05, 0.1) is 11.9 Å². The molecular weight excluding hydrogens is 180 g/mol. The Morgan fingerprint density at radius 2 is 2.08 bits per heavy atom. The fourth-order valence-electron chi connectivity index (χ4n) is 0.968. The van der Waals surface area contributed by atoms with Crippen molar-refractivity contribution < 1.29 is 5.11 Å². The van der Waals surface area contributed by atoms with E-state index >= 15 is 0 Å². The number of aliphatic hydroxyl groups is 1. The largest absolute Gasteiger partial charge is 0.389 e. The molecule has 1 unspecified atom stereocenters. The molecule has 1 N–H and O–H groups in total. The Hall–Kier alpha value is -0.910. The van der Waals surface area contributed by atoms with E-state index in [1.807, 2.05) is 24.3 Å². The first-order valence-corrected chi connectivity index (χ1v) is 5.07. The number of hydrogen-bond donors (Lipinski definition) is 1. The number of benzene rings is 1. The van der Waals surface area contributed by atoms with Gasteiger partial charge in [-0.05, 0) is 24.6 Å². The lowest BCUT2D eigenvalue weighted by Gasteiger charge is -2.04. The zero-order chi connectivity index (χ0) is 9.68. The number of hydrogen-bond acceptors (Lipinski definition) is 2. The van der Waals surface area contributed by atoms with Gasteiger partial charge in [0.1, 0.15) is 0 Å². The van der Waals surface area contributed by atoms with Gasteiger partial charge in [-0.1, -0.05) is 18.1 Å². The SMILES string of the molecule is C#CCSc1ccc(C(C)O)cc1. The fraction of sp³-hybridized carbons (Fsp3) is 0.273. The summed E-state index contributed by atoms with van der Waals surface area (Å²) in [5.74, 6) is 3.26. The van der Waals surface area contributed by atoms with Crippen molar-refractivity contribution in [1.82, 2.24) is 0 Å². The van der Waals surface area contributed by atoms with Crippen LogP contribution in [0.3, 0.4) is 0 Å².